The zero-order chi connectivity index (χ0) is 27.3. The van der Waals surface area contributed by atoms with Crippen molar-refractivity contribution >= 4 is 11.9 Å². The molecule has 0 spiro atoms. The van der Waals surface area contributed by atoms with Crippen LogP contribution in [0, 0.1) is 6.92 Å². The maximum absolute atomic E-state index is 13.9. The molecule has 0 bridgehead atoms. The normalized spacial score (nSPS) is 13.9. The molecular weight excluding hydrogens is 464 g/mol. The molecule has 36 heavy (non-hydrogen) atoms. The lowest BCUT2D eigenvalue weighted by atomic mass is 10.0. The molecule has 0 heterocycles. The smallest absolute Gasteiger partial charge is 0.338 e. The van der Waals surface area contributed by atoms with Gasteiger partial charge in [0.1, 0.15) is 17.8 Å². The van der Waals surface area contributed by atoms with E-state index in [1.54, 1.807) is 17.0 Å². The third kappa shape index (κ3) is 10.8. The minimum atomic E-state index is -0.803. The topological polar surface area (TPSA) is 84.7 Å². The zero-order valence-electron chi connectivity index (χ0n) is 22.2. The molecule has 3 N–H and O–H groups in total. The summed E-state index contributed by atoms with van der Waals surface area (Å²) in [4.78, 5) is 27.9. The van der Waals surface area contributed by atoms with Crippen molar-refractivity contribution in [3.63, 3.8) is 0 Å². The van der Waals surface area contributed by atoms with Gasteiger partial charge in [0.25, 0.3) is 5.91 Å². The third-order valence-electron chi connectivity index (χ3n) is 5.35. The fourth-order valence-electron chi connectivity index (χ4n) is 3.55. The number of nitrogens with zero attached hydrogens (tertiary/aromatic N) is 1. The Morgan fingerprint density at radius 2 is 1.72 bits per heavy atom. The summed E-state index contributed by atoms with van der Waals surface area (Å²) < 4.78 is 32.9. The molecule has 0 aliphatic carbocycles. The van der Waals surface area contributed by atoms with Gasteiger partial charge in [-0.3, -0.25) is 4.79 Å². The number of nitrogens with one attached hydrogen (secondary N) is 1. The molecule has 1 aromatic rings. The van der Waals surface area contributed by atoms with E-state index in [9.17, 15) is 18.4 Å². The highest BCUT2D eigenvalue weighted by Gasteiger charge is 2.24. The number of halogens is 2. The van der Waals surface area contributed by atoms with Crippen LogP contribution in [0.5, 0.6) is 0 Å². The number of hydrogen-bond donors (Lipinski definition) is 2. The molecule has 1 rings (SSSR count). The first-order chi connectivity index (χ1) is 17.0. The van der Waals surface area contributed by atoms with E-state index in [0.717, 1.165) is 30.6 Å². The fourth-order valence-corrected chi connectivity index (χ4v) is 3.55. The second-order valence-corrected chi connectivity index (χ2v) is 9.11. The van der Waals surface area contributed by atoms with Crippen LogP contribution in [0.15, 0.2) is 54.7 Å². The Balaban J connectivity index is 3.12. The minimum absolute atomic E-state index is 0.0189. The number of hydrogen-bond acceptors (Lipinski definition) is 5. The maximum Gasteiger partial charge on any atom is 0.338 e. The van der Waals surface area contributed by atoms with Crippen LogP contribution in [-0.4, -0.2) is 54.6 Å². The van der Waals surface area contributed by atoms with Crippen LogP contribution in [0.3, 0.4) is 0 Å². The first-order valence-corrected chi connectivity index (χ1v) is 12.5. The van der Waals surface area contributed by atoms with E-state index in [4.69, 9.17) is 10.5 Å². The van der Waals surface area contributed by atoms with E-state index >= 15 is 0 Å². The van der Waals surface area contributed by atoms with Crippen LogP contribution in [0.1, 0.15) is 73.2 Å². The summed E-state index contributed by atoms with van der Waals surface area (Å²) in [5.74, 6) is -2.36. The van der Waals surface area contributed by atoms with Crippen molar-refractivity contribution in [2.24, 2.45) is 5.73 Å². The predicted octanol–water partition coefficient (Wildman–Crippen LogP) is 5.39. The molecule has 1 aromatic carbocycles. The summed E-state index contributed by atoms with van der Waals surface area (Å²) in [5.41, 5.74) is 7.65. The number of aryl methyl sites for hydroxylation is 1. The number of amides is 1. The van der Waals surface area contributed by atoms with E-state index in [2.05, 4.69) is 11.9 Å². The second-order valence-electron chi connectivity index (χ2n) is 9.11. The molecule has 0 saturated carbocycles. The van der Waals surface area contributed by atoms with Crippen LogP contribution in [0.2, 0.25) is 0 Å². The number of nitrogens with two attached hydrogens (primary N) is 1. The highest BCUT2D eigenvalue weighted by molar-refractivity contribution is 5.98. The fraction of sp³-hybridized carbons (Fsp3) is 0.500. The van der Waals surface area contributed by atoms with Crippen LogP contribution in [0.25, 0.3) is 0 Å². The molecule has 0 fully saturated rings. The lowest BCUT2D eigenvalue weighted by Crippen LogP contribution is -2.46. The summed E-state index contributed by atoms with van der Waals surface area (Å²) in [6.45, 7) is 14.5. The Morgan fingerprint density at radius 1 is 1.11 bits per heavy atom. The van der Waals surface area contributed by atoms with E-state index in [1.165, 1.54) is 6.07 Å². The second kappa shape index (κ2) is 16.0. The van der Waals surface area contributed by atoms with Gasteiger partial charge in [0.05, 0.1) is 5.56 Å². The van der Waals surface area contributed by atoms with Crippen molar-refractivity contribution in [2.45, 2.75) is 72.1 Å². The van der Waals surface area contributed by atoms with Crippen LogP contribution < -0.4 is 11.1 Å². The number of benzene rings is 1. The summed E-state index contributed by atoms with van der Waals surface area (Å²) in [6, 6.07) is 4.30. The largest absolute Gasteiger partial charge is 0.456 e. The first kappa shape index (κ1) is 31.2. The Labute approximate surface area is 214 Å². The van der Waals surface area contributed by atoms with Gasteiger partial charge < -0.3 is 20.7 Å². The van der Waals surface area contributed by atoms with Gasteiger partial charge in [-0.1, -0.05) is 34.3 Å². The van der Waals surface area contributed by atoms with Gasteiger partial charge in [0, 0.05) is 43.4 Å². The van der Waals surface area contributed by atoms with E-state index < -0.39 is 29.8 Å². The van der Waals surface area contributed by atoms with Crippen LogP contribution in [0.4, 0.5) is 8.78 Å². The van der Waals surface area contributed by atoms with Crippen molar-refractivity contribution in [3.8, 4) is 0 Å². The lowest BCUT2D eigenvalue weighted by molar-refractivity contribution is 0.0236. The SMILES string of the molecule is C=C/C(F)=C\C(F)=C/CC(N)C(CNC(C)C)OC(=O)c1cc(C)cc(C(=O)N(CCC)CCC)c1. The third-order valence-corrected chi connectivity index (χ3v) is 5.35. The molecular formula is C28H41F2N3O3. The van der Waals surface area contributed by atoms with Crippen molar-refractivity contribution in [1.82, 2.24) is 10.2 Å². The summed E-state index contributed by atoms with van der Waals surface area (Å²) >= 11 is 0. The molecule has 2 unspecified atom stereocenters. The molecule has 1 amide bonds. The monoisotopic (exact) mass is 505 g/mol. The Hall–Kier alpha value is -2.84. The quantitative estimate of drug-likeness (QED) is 0.247. The van der Waals surface area contributed by atoms with Crippen molar-refractivity contribution in [1.29, 1.82) is 0 Å². The molecule has 0 aliphatic rings. The molecule has 200 valence electrons. The first-order valence-electron chi connectivity index (χ1n) is 12.5. The average molecular weight is 506 g/mol. The highest BCUT2D eigenvalue weighted by atomic mass is 19.1. The van der Waals surface area contributed by atoms with Crippen molar-refractivity contribution in [2.75, 3.05) is 19.6 Å². The Bertz CT molecular complexity index is 938. The lowest BCUT2D eigenvalue weighted by Gasteiger charge is -2.25. The van der Waals surface area contributed by atoms with E-state index in [0.29, 0.717) is 24.7 Å². The van der Waals surface area contributed by atoms with E-state index in [-0.39, 0.29) is 30.5 Å². The van der Waals surface area contributed by atoms with E-state index in [1.807, 2.05) is 34.6 Å². The Kier molecular flexibility index (Phi) is 13.9. The summed E-state index contributed by atoms with van der Waals surface area (Å²) in [6.07, 6.45) is 3.65. The number of carbonyl (C=O) groups excluding carboxylic acids is 2. The number of allylic oxidation sites excluding steroid dienone is 4. The van der Waals surface area contributed by atoms with Gasteiger partial charge >= 0.3 is 5.97 Å². The standard InChI is InChI=1S/C28H41F2N3O3/c1-7-12-33(13-8-2)27(34)21-14-20(6)15-22(16-21)28(35)36-26(18-32-19(4)5)25(31)11-10-24(30)17-23(29)9-3/h9-10,14-17,19,25-26,32H,3,7-8,11-13,18,31H2,1-2,4-6H3/b23-17+,24-10+. The van der Waals surface area contributed by atoms with Crippen LogP contribution >= 0.6 is 0 Å². The van der Waals surface area contributed by atoms with Gasteiger partial charge in [0.2, 0.25) is 0 Å². The van der Waals surface area contributed by atoms with Crippen molar-refractivity contribution in [3.05, 3.63) is 71.4 Å². The van der Waals surface area contributed by atoms with Gasteiger partial charge in [0.15, 0.2) is 0 Å². The maximum atomic E-state index is 13.9. The number of carbonyl (C=O) groups is 2. The minimum Gasteiger partial charge on any atom is -0.456 e. The molecule has 0 aromatic heterocycles. The Morgan fingerprint density at radius 3 is 2.28 bits per heavy atom. The molecule has 8 heteroatoms. The average Bonchev–Trinajstić information content (AvgIpc) is 2.83. The van der Waals surface area contributed by atoms with Crippen molar-refractivity contribution < 1.29 is 23.1 Å². The molecule has 2 atom stereocenters. The van der Waals surface area contributed by atoms with Gasteiger partial charge in [-0.2, -0.15) is 0 Å². The predicted molar refractivity (Wildman–Crippen MR) is 141 cm³/mol. The summed E-state index contributed by atoms with van der Waals surface area (Å²) in [5, 5.41) is 3.18. The molecule has 0 radical (unpaired) electrons. The van der Waals surface area contributed by atoms with Crippen LogP contribution in [-0.2, 0) is 4.74 Å². The molecule has 0 saturated heterocycles. The van der Waals surface area contributed by atoms with Gasteiger partial charge in [-0.05, 0) is 62.1 Å². The molecule has 6 nitrogen and oxygen atoms in total. The van der Waals surface area contributed by atoms with Gasteiger partial charge in [-0.25, -0.2) is 13.6 Å². The summed E-state index contributed by atoms with van der Waals surface area (Å²) in [7, 11) is 0. The number of ether oxygens (including phenoxy) is 1. The highest BCUT2D eigenvalue weighted by Crippen LogP contribution is 2.17. The molecule has 0 aliphatic heterocycles. The zero-order valence-corrected chi connectivity index (χ0v) is 22.2. The number of esters is 1. The van der Waals surface area contributed by atoms with Gasteiger partial charge in [-0.15, -0.1) is 0 Å². The number of rotatable bonds is 15.